The van der Waals surface area contributed by atoms with E-state index in [1.807, 2.05) is 0 Å². The minimum absolute atomic E-state index is 0. The monoisotopic (exact) mass is 226 g/mol. The van der Waals surface area contributed by atoms with E-state index in [0.717, 1.165) is 0 Å². The van der Waals surface area contributed by atoms with E-state index in [2.05, 4.69) is 0 Å². The van der Waals surface area contributed by atoms with Gasteiger partial charge in [-0.1, -0.05) is 0 Å². The van der Waals surface area contributed by atoms with E-state index in [9.17, 15) is 10.6 Å². The number of hydrogen-bond acceptors (Lipinski definition) is 0. The molecule has 0 unspecified atom stereocenters. The summed E-state index contributed by atoms with van der Waals surface area (Å²) >= 11 is -4.64. The van der Waals surface area contributed by atoms with E-state index >= 15 is 0 Å². The molecule has 0 aromatic heterocycles. The molecule has 6 heteroatoms. The summed E-state index contributed by atoms with van der Waals surface area (Å²) in [4.78, 5) is 0. The first-order valence-electron chi connectivity index (χ1n) is 0.655. The first-order chi connectivity index (χ1) is 1.73. The zero-order valence-electron chi connectivity index (χ0n) is 2.12. The van der Waals surface area contributed by atoms with Crippen molar-refractivity contribution in [3.05, 3.63) is 0 Å². The van der Waals surface area contributed by atoms with Crippen LogP contribution in [-0.2, 0) is 17.4 Å². The maximum atomic E-state index is 9.81. The van der Waals surface area contributed by atoms with E-state index in [4.69, 9.17) is 0 Å². The maximum absolute atomic E-state index is 9.81. The molecule has 0 aliphatic rings. The van der Waals surface area contributed by atoms with Crippen LogP contribution in [0.4, 0.5) is 10.6 Å². The van der Waals surface area contributed by atoms with Crippen molar-refractivity contribution < 1.29 is 27.9 Å². The van der Waals surface area contributed by atoms with E-state index in [1.165, 1.54) is 0 Å². The summed E-state index contributed by atoms with van der Waals surface area (Å²) in [6.07, 6.45) is 0. The van der Waals surface area contributed by atoms with Crippen LogP contribution in [0, 0.1) is 0 Å². The van der Waals surface area contributed by atoms with Gasteiger partial charge in [0.05, 0.1) is 0 Å². The Balaban J connectivity index is -0.0000000450. The van der Waals surface area contributed by atoms with Crippen molar-refractivity contribution in [3.8, 4) is 0 Å². The van der Waals surface area contributed by atoms with Crippen molar-refractivity contribution in [2.75, 3.05) is 0 Å². The van der Waals surface area contributed by atoms with Crippen LogP contribution in [0.5, 0.6) is 0 Å². The fraction of sp³-hybridized carbons (Fsp3) is 0. The zero-order valence-corrected chi connectivity index (χ0v) is 4.55. The Morgan fingerprint density at radius 2 is 1.00 bits per heavy atom. The fourth-order valence-electron chi connectivity index (χ4n) is 0. The predicted octanol–water partition coefficient (Wildman–Crippen LogP) is -0.0389. The average Bonchev–Trinajstić information content (AvgIpc) is 0.811. The molecule has 34 valence electrons. The normalized spacial score (nSPS) is 4.50. The molecular formula is H2AlCrF3Sr. The molecule has 0 rings (SSSR count). The van der Waals surface area contributed by atoms with Gasteiger partial charge < -0.3 is 10.6 Å². The molecule has 0 nitrogen and oxygen atoms in total. The van der Waals surface area contributed by atoms with Crippen LogP contribution in [0.25, 0.3) is 0 Å². The third kappa shape index (κ3) is 33.1. The van der Waals surface area contributed by atoms with Crippen LogP contribution in [0.15, 0.2) is 0 Å². The molecule has 0 radical (unpaired) electrons. The molecule has 0 fully saturated rings. The topological polar surface area (TPSA) is 0 Å². The number of hydrogen-bond donors (Lipinski definition) is 0. The van der Waals surface area contributed by atoms with Crippen LogP contribution in [-0.4, -0.2) is 61.0 Å². The van der Waals surface area contributed by atoms with Crippen LogP contribution in [0.1, 0.15) is 0 Å². The standard InChI is InChI=1S/Al.Cr.3FH.Sr.2H/h;;3*1H;;;/q+3;;;;;;;/p-3. The van der Waals surface area contributed by atoms with Gasteiger partial charge in [-0.25, -0.2) is 0 Å². The molecule has 0 N–H and O–H groups in total. The van der Waals surface area contributed by atoms with Gasteiger partial charge in [0.2, 0.25) is 0 Å². The van der Waals surface area contributed by atoms with Crippen LogP contribution in [0.2, 0.25) is 0 Å². The molecule has 6 heavy (non-hydrogen) atoms. The molecule has 0 bridgehead atoms. The van der Waals surface area contributed by atoms with Crippen molar-refractivity contribution in [2.24, 2.45) is 0 Å². The fourth-order valence-corrected chi connectivity index (χ4v) is 0. The summed E-state index contributed by atoms with van der Waals surface area (Å²) in [5.41, 5.74) is 0. The van der Waals surface area contributed by atoms with Gasteiger partial charge in [-0.2, -0.15) is 0 Å². The molecule has 0 aliphatic heterocycles. The van der Waals surface area contributed by atoms with E-state index in [1.54, 1.807) is 0 Å². The van der Waals surface area contributed by atoms with Gasteiger partial charge in [-0.3, -0.25) is 0 Å². The Morgan fingerprint density at radius 3 is 1.00 bits per heavy atom. The molecule has 0 amide bonds. The van der Waals surface area contributed by atoms with Crippen molar-refractivity contribution in [3.63, 3.8) is 0 Å². The van der Waals surface area contributed by atoms with Gasteiger partial charge in [0, 0.05) is 17.4 Å². The first kappa shape index (κ1) is 15.8. The Hall–Kier alpha value is 2.34. The first-order valence-corrected chi connectivity index (χ1v) is 1.96. The summed E-state index contributed by atoms with van der Waals surface area (Å²) in [6, 6.07) is 0. The van der Waals surface area contributed by atoms with Crippen molar-refractivity contribution >= 4 is 61.0 Å². The molecule has 0 aliphatic carbocycles. The van der Waals surface area contributed by atoms with E-state index in [-0.39, 0.29) is 62.8 Å². The summed E-state index contributed by atoms with van der Waals surface area (Å²) in [7, 11) is 0. The van der Waals surface area contributed by atoms with Gasteiger partial charge in [0.15, 0.2) is 0 Å². The Bertz CT molecular complexity index is 15.5. The SMILES string of the molecule is [Cr].[F][Al]([F])[F].[SrH2]. The molecule has 0 saturated carbocycles. The predicted molar refractivity (Wildman–Crippen MR) is 17.6 cm³/mol. The third-order valence-electron chi connectivity index (χ3n) is 0. The second-order valence-corrected chi connectivity index (χ2v) is 0.742. The summed E-state index contributed by atoms with van der Waals surface area (Å²) < 4.78 is 29.4. The number of halogens is 3. The van der Waals surface area contributed by atoms with Gasteiger partial charge in [-0.15, -0.1) is 0 Å². The molecule has 0 aromatic rings. The van der Waals surface area contributed by atoms with Crippen molar-refractivity contribution in [2.45, 2.75) is 0 Å². The Kier molecular flexibility index (Phi) is 27.2. The summed E-state index contributed by atoms with van der Waals surface area (Å²) in [5.74, 6) is 0. The molecule has 0 aromatic carbocycles. The summed E-state index contributed by atoms with van der Waals surface area (Å²) in [5, 5.41) is 0. The molecular weight excluding hydrogens is 224 g/mol. The second kappa shape index (κ2) is 10.3. The quantitative estimate of drug-likeness (QED) is 0.508. The molecule has 0 spiro atoms. The van der Waals surface area contributed by atoms with Gasteiger partial charge in [0.1, 0.15) is 0 Å². The average molecular weight is 226 g/mol. The third-order valence-corrected chi connectivity index (χ3v) is 0. The van der Waals surface area contributed by atoms with Crippen LogP contribution >= 0.6 is 0 Å². The number of rotatable bonds is 0. The molecule has 0 heterocycles. The van der Waals surface area contributed by atoms with Crippen molar-refractivity contribution in [1.29, 1.82) is 0 Å². The minimum atomic E-state index is -4.64. The molecule has 0 atom stereocenters. The zero-order chi connectivity index (χ0) is 3.58. The van der Waals surface area contributed by atoms with Gasteiger partial charge >= 0.3 is 61.0 Å². The van der Waals surface area contributed by atoms with Gasteiger partial charge in [0.25, 0.3) is 0 Å². The van der Waals surface area contributed by atoms with Crippen LogP contribution < -0.4 is 0 Å². The second-order valence-electron chi connectivity index (χ2n) is 0.247. The Labute approximate surface area is 87.3 Å². The van der Waals surface area contributed by atoms with E-state index < -0.39 is 15.5 Å². The molecule has 0 saturated heterocycles. The van der Waals surface area contributed by atoms with Crippen LogP contribution in [0.3, 0.4) is 0 Å². The summed E-state index contributed by atoms with van der Waals surface area (Å²) in [6.45, 7) is 0. The van der Waals surface area contributed by atoms with E-state index in [0.29, 0.717) is 0 Å². The Morgan fingerprint density at radius 1 is 1.00 bits per heavy atom. The van der Waals surface area contributed by atoms with Gasteiger partial charge in [-0.05, 0) is 0 Å². The van der Waals surface area contributed by atoms with Crippen molar-refractivity contribution in [1.82, 2.24) is 0 Å².